The summed E-state index contributed by atoms with van der Waals surface area (Å²) in [5, 5.41) is 8.61. The van der Waals surface area contributed by atoms with E-state index in [9.17, 15) is 22.8 Å². The molecular formula is C20H22F3N5O2. The van der Waals surface area contributed by atoms with Crippen LogP contribution in [0.15, 0.2) is 48.8 Å². The molecule has 1 aliphatic heterocycles. The molecule has 160 valence electrons. The summed E-state index contributed by atoms with van der Waals surface area (Å²) in [4.78, 5) is 30.6. The average molecular weight is 421 g/mol. The van der Waals surface area contributed by atoms with E-state index in [2.05, 4.69) is 20.9 Å². The van der Waals surface area contributed by atoms with Crippen molar-refractivity contribution in [2.24, 2.45) is 0 Å². The quantitative estimate of drug-likeness (QED) is 0.683. The number of hydrogen-bond donors (Lipinski definition) is 3. The molecule has 0 spiro atoms. The Labute approximate surface area is 171 Å². The van der Waals surface area contributed by atoms with E-state index in [1.54, 1.807) is 31.1 Å². The molecule has 3 rings (SSSR count). The van der Waals surface area contributed by atoms with Crippen LogP contribution in [-0.2, 0) is 15.8 Å². The van der Waals surface area contributed by atoms with E-state index < -0.39 is 36.0 Å². The molecule has 2 aromatic rings. The third-order valence-corrected chi connectivity index (χ3v) is 4.78. The van der Waals surface area contributed by atoms with Crippen LogP contribution in [0.1, 0.15) is 29.2 Å². The van der Waals surface area contributed by atoms with Gasteiger partial charge in [0.25, 0.3) is 0 Å². The molecule has 1 saturated heterocycles. The second kappa shape index (κ2) is 8.80. The maximum absolute atomic E-state index is 12.9. The lowest BCUT2D eigenvalue weighted by Gasteiger charge is -2.35. The molecule has 3 N–H and O–H groups in total. The summed E-state index contributed by atoms with van der Waals surface area (Å²) in [6, 6.07) is 6.47. The predicted octanol–water partition coefficient (Wildman–Crippen LogP) is 1.63. The SMILES string of the molecule is CN(C)C1NC(=O)CC(C(=O)NC(c2ccncc2)c2ccc(C(F)(F)F)cc2)N1. The van der Waals surface area contributed by atoms with Crippen molar-refractivity contribution in [1.82, 2.24) is 25.8 Å². The lowest BCUT2D eigenvalue weighted by Crippen LogP contribution is -2.65. The highest BCUT2D eigenvalue weighted by Gasteiger charge is 2.33. The Balaban J connectivity index is 1.85. The maximum Gasteiger partial charge on any atom is 0.416 e. The van der Waals surface area contributed by atoms with Crippen LogP contribution < -0.4 is 16.0 Å². The number of alkyl halides is 3. The zero-order valence-corrected chi connectivity index (χ0v) is 16.4. The van der Waals surface area contributed by atoms with Gasteiger partial charge in [-0.1, -0.05) is 12.1 Å². The highest BCUT2D eigenvalue weighted by atomic mass is 19.4. The smallest absolute Gasteiger partial charge is 0.344 e. The van der Waals surface area contributed by atoms with Crippen LogP contribution in [0.5, 0.6) is 0 Å². The Bertz CT molecular complexity index is 888. The highest BCUT2D eigenvalue weighted by Crippen LogP contribution is 2.31. The Morgan fingerprint density at radius 2 is 1.73 bits per heavy atom. The van der Waals surface area contributed by atoms with Gasteiger partial charge in [0, 0.05) is 12.4 Å². The van der Waals surface area contributed by atoms with E-state index in [0.717, 1.165) is 12.1 Å². The van der Waals surface area contributed by atoms with Crippen molar-refractivity contribution in [3.63, 3.8) is 0 Å². The molecule has 0 saturated carbocycles. The van der Waals surface area contributed by atoms with Crippen molar-refractivity contribution in [2.75, 3.05) is 14.1 Å². The molecule has 3 unspecified atom stereocenters. The molecule has 0 aliphatic carbocycles. The summed E-state index contributed by atoms with van der Waals surface area (Å²) < 4.78 is 38.7. The number of carbonyl (C=O) groups excluding carboxylic acids is 2. The Kier molecular flexibility index (Phi) is 6.37. The summed E-state index contributed by atoms with van der Waals surface area (Å²) in [6.45, 7) is 0. The number of pyridine rings is 1. The minimum atomic E-state index is -4.45. The molecule has 1 aromatic heterocycles. The number of carbonyl (C=O) groups is 2. The molecule has 0 radical (unpaired) electrons. The van der Waals surface area contributed by atoms with Crippen molar-refractivity contribution in [2.45, 2.75) is 31.0 Å². The molecule has 2 amide bonds. The number of nitrogens with one attached hydrogen (secondary N) is 3. The van der Waals surface area contributed by atoms with Gasteiger partial charge in [-0.3, -0.25) is 24.8 Å². The van der Waals surface area contributed by atoms with Crippen LogP contribution in [0, 0.1) is 0 Å². The van der Waals surface area contributed by atoms with E-state index in [4.69, 9.17) is 0 Å². The van der Waals surface area contributed by atoms with Gasteiger partial charge in [-0.2, -0.15) is 13.2 Å². The summed E-state index contributed by atoms with van der Waals surface area (Å²) in [7, 11) is 3.50. The Morgan fingerprint density at radius 1 is 1.13 bits per heavy atom. The molecular weight excluding hydrogens is 399 g/mol. The van der Waals surface area contributed by atoms with E-state index in [0.29, 0.717) is 11.1 Å². The van der Waals surface area contributed by atoms with E-state index in [-0.39, 0.29) is 12.3 Å². The van der Waals surface area contributed by atoms with Crippen molar-refractivity contribution >= 4 is 11.8 Å². The van der Waals surface area contributed by atoms with Crippen molar-refractivity contribution in [1.29, 1.82) is 0 Å². The largest absolute Gasteiger partial charge is 0.416 e. The normalized spacial score (nSPS) is 20.5. The third kappa shape index (κ3) is 5.14. The molecule has 3 atom stereocenters. The van der Waals surface area contributed by atoms with E-state index in [1.165, 1.54) is 24.5 Å². The van der Waals surface area contributed by atoms with E-state index in [1.807, 2.05) is 0 Å². The molecule has 1 fully saturated rings. The zero-order valence-electron chi connectivity index (χ0n) is 16.4. The third-order valence-electron chi connectivity index (χ3n) is 4.78. The van der Waals surface area contributed by atoms with Crippen LogP contribution in [0.3, 0.4) is 0 Å². The van der Waals surface area contributed by atoms with Crippen molar-refractivity contribution in [3.8, 4) is 0 Å². The fraction of sp³-hybridized carbons (Fsp3) is 0.350. The van der Waals surface area contributed by atoms with Crippen LogP contribution in [0.2, 0.25) is 0 Å². The summed E-state index contributed by atoms with van der Waals surface area (Å²) in [5.74, 6) is -0.707. The predicted molar refractivity (Wildman–Crippen MR) is 103 cm³/mol. The number of amides is 2. The van der Waals surface area contributed by atoms with Crippen molar-refractivity contribution < 1.29 is 22.8 Å². The molecule has 30 heavy (non-hydrogen) atoms. The number of hydrogen-bond acceptors (Lipinski definition) is 5. The number of nitrogens with zero attached hydrogens (tertiary/aromatic N) is 2. The van der Waals surface area contributed by atoms with Crippen LogP contribution in [0.25, 0.3) is 0 Å². The average Bonchev–Trinajstić information content (AvgIpc) is 2.71. The van der Waals surface area contributed by atoms with Gasteiger partial charge >= 0.3 is 6.18 Å². The lowest BCUT2D eigenvalue weighted by atomic mass is 9.97. The van der Waals surface area contributed by atoms with Crippen LogP contribution in [-0.4, -0.2) is 48.1 Å². The summed E-state index contributed by atoms with van der Waals surface area (Å²) in [6.07, 6.45) is -1.94. The van der Waals surface area contributed by atoms with Crippen LogP contribution >= 0.6 is 0 Å². The molecule has 2 heterocycles. The van der Waals surface area contributed by atoms with E-state index >= 15 is 0 Å². The Hall–Kier alpha value is -2.98. The first kappa shape index (κ1) is 21.7. The number of benzene rings is 1. The Morgan fingerprint density at radius 3 is 2.30 bits per heavy atom. The van der Waals surface area contributed by atoms with Gasteiger partial charge in [-0.05, 0) is 49.5 Å². The van der Waals surface area contributed by atoms with Gasteiger partial charge in [0.15, 0.2) is 0 Å². The minimum Gasteiger partial charge on any atom is -0.344 e. The van der Waals surface area contributed by atoms with Gasteiger partial charge in [0.2, 0.25) is 11.8 Å². The molecule has 10 heteroatoms. The van der Waals surface area contributed by atoms with Gasteiger partial charge < -0.3 is 10.6 Å². The van der Waals surface area contributed by atoms with Gasteiger partial charge in [-0.25, -0.2) is 0 Å². The monoisotopic (exact) mass is 421 g/mol. The first-order valence-electron chi connectivity index (χ1n) is 9.24. The zero-order chi connectivity index (χ0) is 21.9. The second-order valence-electron chi connectivity index (χ2n) is 7.20. The standard InChI is InChI=1S/C20H22F3N5O2/c1-28(2)19-25-15(11-16(29)26-19)18(30)27-17(13-7-9-24-10-8-13)12-3-5-14(6-4-12)20(21,22)23/h3-10,15,17,19,25H,11H2,1-2H3,(H,26,29)(H,27,30). The molecule has 7 nitrogen and oxygen atoms in total. The van der Waals surface area contributed by atoms with Gasteiger partial charge in [0.1, 0.15) is 6.29 Å². The first-order chi connectivity index (χ1) is 14.1. The highest BCUT2D eigenvalue weighted by molar-refractivity contribution is 5.90. The summed E-state index contributed by atoms with van der Waals surface area (Å²) >= 11 is 0. The number of rotatable bonds is 5. The topological polar surface area (TPSA) is 86.4 Å². The number of aromatic nitrogens is 1. The van der Waals surface area contributed by atoms with Crippen LogP contribution in [0.4, 0.5) is 13.2 Å². The van der Waals surface area contributed by atoms with Crippen molar-refractivity contribution in [3.05, 3.63) is 65.5 Å². The molecule has 1 aliphatic rings. The maximum atomic E-state index is 12.9. The minimum absolute atomic E-state index is 0.0494. The van der Waals surface area contributed by atoms with Gasteiger partial charge in [0.05, 0.1) is 24.1 Å². The first-order valence-corrected chi connectivity index (χ1v) is 9.24. The lowest BCUT2D eigenvalue weighted by molar-refractivity contribution is -0.137. The van der Waals surface area contributed by atoms with Gasteiger partial charge in [-0.15, -0.1) is 0 Å². The molecule has 0 bridgehead atoms. The second-order valence-corrected chi connectivity index (χ2v) is 7.20. The number of halogens is 3. The fourth-order valence-corrected chi connectivity index (χ4v) is 3.16. The summed E-state index contributed by atoms with van der Waals surface area (Å²) in [5.41, 5.74) is 0.361. The molecule has 1 aromatic carbocycles. The fourth-order valence-electron chi connectivity index (χ4n) is 3.16.